The lowest BCUT2D eigenvalue weighted by Gasteiger charge is -2.33. The number of rotatable bonds is 2. The molecule has 0 bridgehead atoms. The molecule has 1 aromatic carbocycles. The Balaban J connectivity index is 1.50. The summed E-state index contributed by atoms with van der Waals surface area (Å²) in [6.45, 7) is 3.74. The third kappa shape index (κ3) is 2.20. The molecule has 7 nitrogen and oxygen atoms in total. The van der Waals surface area contributed by atoms with Crippen LogP contribution in [0.5, 0.6) is 0 Å². The van der Waals surface area contributed by atoms with Gasteiger partial charge >= 0.3 is 0 Å². The Morgan fingerprint density at radius 3 is 2.96 bits per heavy atom. The van der Waals surface area contributed by atoms with Crippen LogP contribution in [0, 0.1) is 0 Å². The van der Waals surface area contributed by atoms with Gasteiger partial charge in [0.05, 0.1) is 12.7 Å². The number of aryl methyl sites for hydroxylation is 1. The van der Waals surface area contributed by atoms with E-state index >= 15 is 0 Å². The van der Waals surface area contributed by atoms with E-state index in [2.05, 4.69) is 56.1 Å². The third-order valence-corrected chi connectivity index (χ3v) is 5.46. The molecule has 1 atom stereocenters. The fraction of sp³-hybridized carbons (Fsp3) is 0.316. The number of aromatic nitrogens is 5. The van der Waals surface area contributed by atoms with Crippen molar-refractivity contribution in [2.45, 2.75) is 25.9 Å². The highest BCUT2D eigenvalue weighted by molar-refractivity contribution is 5.85. The van der Waals surface area contributed by atoms with Crippen LogP contribution in [-0.2, 0) is 20.0 Å². The van der Waals surface area contributed by atoms with Crippen molar-refractivity contribution >= 4 is 21.9 Å². The molecule has 0 saturated carbocycles. The van der Waals surface area contributed by atoms with Crippen LogP contribution in [0.2, 0.25) is 0 Å². The molecule has 0 fully saturated rings. The Hall–Kier alpha value is -2.93. The summed E-state index contributed by atoms with van der Waals surface area (Å²) in [5.74, 6) is 0.678. The molecule has 1 aliphatic heterocycles. The molecule has 0 radical (unpaired) electrons. The summed E-state index contributed by atoms with van der Waals surface area (Å²) in [7, 11) is 1.80. The highest BCUT2D eigenvalue weighted by Crippen LogP contribution is 2.34. The minimum absolute atomic E-state index is 0.130. The first-order valence-corrected chi connectivity index (χ1v) is 8.86. The van der Waals surface area contributed by atoms with E-state index in [4.69, 9.17) is 0 Å². The highest BCUT2D eigenvalue weighted by Gasteiger charge is 2.27. The van der Waals surface area contributed by atoms with E-state index in [0.29, 0.717) is 23.4 Å². The van der Waals surface area contributed by atoms with Crippen molar-refractivity contribution in [1.82, 2.24) is 29.6 Å². The molecule has 1 aliphatic rings. The lowest BCUT2D eigenvalue weighted by Crippen LogP contribution is -2.34. The molecule has 2 N–H and O–H groups in total. The maximum absolute atomic E-state index is 12.3. The SMILES string of the molecule is C[C@@H]1c2[nH]c3ccccc3c2CCN1Cc1nc2c(cnn2C)c(=O)[nH]1. The average Bonchev–Trinajstić information content (AvgIpc) is 3.19. The van der Waals surface area contributed by atoms with Gasteiger partial charge < -0.3 is 9.97 Å². The summed E-state index contributed by atoms with van der Waals surface area (Å²) in [5.41, 5.74) is 4.36. The van der Waals surface area contributed by atoms with Crippen molar-refractivity contribution in [2.75, 3.05) is 6.54 Å². The lowest BCUT2D eigenvalue weighted by atomic mass is 9.98. The summed E-state index contributed by atoms with van der Waals surface area (Å²) < 4.78 is 1.64. The van der Waals surface area contributed by atoms with Gasteiger partial charge in [0.15, 0.2) is 5.65 Å². The van der Waals surface area contributed by atoms with Gasteiger partial charge in [-0.25, -0.2) is 4.98 Å². The summed E-state index contributed by atoms with van der Waals surface area (Å²) in [5, 5.41) is 5.97. The van der Waals surface area contributed by atoms with Crippen molar-refractivity contribution in [3.8, 4) is 0 Å². The Kier molecular flexibility index (Phi) is 3.27. The monoisotopic (exact) mass is 348 g/mol. The summed E-state index contributed by atoms with van der Waals surface area (Å²) >= 11 is 0. The van der Waals surface area contributed by atoms with Crippen molar-refractivity contribution in [2.24, 2.45) is 7.05 Å². The predicted molar refractivity (Wildman–Crippen MR) is 100.0 cm³/mol. The Morgan fingerprint density at radius 2 is 2.08 bits per heavy atom. The van der Waals surface area contributed by atoms with E-state index in [0.717, 1.165) is 13.0 Å². The van der Waals surface area contributed by atoms with Crippen LogP contribution < -0.4 is 5.56 Å². The van der Waals surface area contributed by atoms with Crippen molar-refractivity contribution in [3.05, 3.63) is 57.9 Å². The van der Waals surface area contributed by atoms with Gasteiger partial charge in [-0.15, -0.1) is 0 Å². The number of fused-ring (bicyclic) bond motifs is 4. The van der Waals surface area contributed by atoms with E-state index in [1.54, 1.807) is 17.9 Å². The maximum atomic E-state index is 12.3. The molecule has 132 valence electrons. The molecular formula is C19H20N6O. The Morgan fingerprint density at radius 1 is 1.23 bits per heavy atom. The minimum atomic E-state index is -0.130. The second kappa shape index (κ2) is 5.54. The van der Waals surface area contributed by atoms with Gasteiger partial charge in [-0.05, 0) is 25.0 Å². The number of nitrogens with one attached hydrogen (secondary N) is 2. The molecule has 7 heteroatoms. The molecule has 5 rings (SSSR count). The second-order valence-electron chi connectivity index (χ2n) is 6.98. The number of nitrogens with zero attached hydrogens (tertiary/aromatic N) is 4. The molecule has 4 aromatic rings. The molecule has 4 heterocycles. The second-order valence-corrected chi connectivity index (χ2v) is 6.98. The molecule has 0 amide bonds. The summed E-state index contributed by atoms with van der Waals surface area (Å²) in [6.07, 6.45) is 2.55. The van der Waals surface area contributed by atoms with Crippen LogP contribution in [-0.4, -0.2) is 36.2 Å². The van der Waals surface area contributed by atoms with Crippen LogP contribution >= 0.6 is 0 Å². The molecule has 26 heavy (non-hydrogen) atoms. The molecule has 0 aliphatic carbocycles. The fourth-order valence-corrected chi connectivity index (χ4v) is 4.04. The molecule has 0 unspecified atom stereocenters. The average molecular weight is 348 g/mol. The van der Waals surface area contributed by atoms with Gasteiger partial charge in [-0.3, -0.25) is 14.4 Å². The number of H-pyrrole nitrogens is 2. The topological polar surface area (TPSA) is 82.6 Å². The van der Waals surface area contributed by atoms with Gasteiger partial charge in [0.2, 0.25) is 0 Å². The first-order valence-electron chi connectivity index (χ1n) is 8.86. The van der Waals surface area contributed by atoms with Gasteiger partial charge in [0.1, 0.15) is 11.2 Å². The number of aromatic amines is 2. The van der Waals surface area contributed by atoms with Crippen molar-refractivity contribution < 1.29 is 0 Å². The molecular weight excluding hydrogens is 328 g/mol. The van der Waals surface area contributed by atoms with Crippen LogP contribution in [0.1, 0.15) is 30.0 Å². The first kappa shape index (κ1) is 15.3. The standard InChI is InChI=1S/C19H20N6O/c1-11-17-13(12-5-3-4-6-15(12)21-17)7-8-25(11)10-16-22-18-14(19(26)23-16)9-20-24(18)2/h3-6,9,11,21H,7-8,10H2,1-2H3,(H,22,23,26)/t11-/m1/s1. The van der Waals surface area contributed by atoms with E-state index in [-0.39, 0.29) is 11.6 Å². The smallest absolute Gasteiger partial charge is 0.262 e. The Labute approximate surface area is 149 Å². The minimum Gasteiger partial charge on any atom is -0.357 e. The van der Waals surface area contributed by atoms with Crippen molar-refractivity contribution in [3.63, 3.8) is 0 Å². The van der Waals surface area contributed by atoms with Gasteiger partial charge in [0.25, 0.3) is 5.56 Å². The maximum Gasteiger partial charge on any atom is 0.262 e. The van der Waals surface area contributed by atoms with Crippen LogP contribution in [0.4, 0.5) is 0 Å². The Bertz CT molecular complexity index is 1180. The number of benzene rings is 1. The highest BCUT2D eigenvalue weighted by atomic mass is 16.1. The van der Waals surface area contributed by atoms with Crippen LogP contribution in [0.25, 0.3) is 21.9 Å². The predicted octanol–water partition coefficient (Wildman–Crippen LogP) is 2.26. The van der Waals surface area contributed by atoms with E-state index < -0.39 is 0 Å². The van der Waals surface area contributed by atoms with Gasteiger partial charge in [0, 0.05) is 36.2 Å². The number of para-hydroxylation sites is 1. The molecule has 0 saturated heterocycles. The van der Waals surface area contributed by atoms with Crippen LogP contribution in [0.15, 0.2) is 35.3 Å². The van der Waals surface area contributed by atoms with E-state index in [1.165, 1.54) is 22.2 Å². The number of hydrogen-bond donors (Lipinski definition) is 2. The van der Waals surface area contributed by atoms with Crippen molar-refractivity contribution in [1.29, 1.82) is 0 Å². The normalized spacial score (nSPS) is 17.8. The van der Waals surface area contributed by atoms with Gasteiger partial charge in [-0.2, -0.15) is 5.10 Å². The number of hydrogen-bond acceptors (Lipinski definition) is 4. The molecule has 3 aromatic heterocycles. The van der Waals surface area contributed by atoms with Crippen LogP contribution in [0.3, 0.4) is 0 Å². The zero-order chi connectivity index (χ0) is 17.8. The fourth-order valence-electron chi connectivity index (χ4n) is 4.04. The quantitative estimate of drug-likeness (QED) is 0.582. The zero-order valence-corrected chi connectivity index (χ0v) is 14.8. The molecule has 0 spiro atoms. The third-order valence-electron chi connectivity index (χ3n) is 5.46. The first-order chi connectivity index (χ1) is 12.6. The van der Waals surface area contributed by atoms with E-state index in [1.807, 2.05) is 0 Å². The zero-order valence-electron chi connectivity index (χ0n) is 14.8. The van der Waals surface area contributed by atoms with E-state index in [9.17, 15) is 4.79 Å². The summed E-state index contributed by atoms with van der Waals surface area (Å²) in [6, 6.07) is 8.69. The summed E-state index contributed by atoms with van der Waals surface area (Å²) in [4.78, 5) is 25.7. The largest absolute Gasteiger partial charge is 0.357 e. The lowest BCUT2D eigenvalue weighted by molar-refractivity contribution is 0.182. The van der Waals surface area contributed by atoms with Gasteiger partial charge in [-0.1, -0.05) is 18.2 Å².